The summed E-state index contributed by atoms with van der Waals surface area (Å²) in [7, 11) is 0. The first-order chi connectivity index (χ1) is 13.7. The summed E-state index contributed by atoms with van der Waals surface area (Å²) in [6.07, 6.45) is 2.50. The molecule has 6 nitrogen and oxygen atoms in total. The quantitative estimate of drug-likeness (QED) is 0.654. The number of carbonyl (C=O) groups is 2. The number of amides is 2. The molecule has 3 heterocycles. The molecule has 2 aliphatic heterocycles. The Morgan fingerprint density at radius 1 is 1.21 bits per heavy atom. The number of thioether (sulfide) groups is 1. The highest BCUT2D eigenvalue weighted by molar-refractivity contribution is 8.02. The van der Waals surface area contributed by atoms with E-state index >= 15 is 0 Å². The van der Waals surface area contributed by atoms with Gasteiger partial charge in [0.05, 0.1) is 16.7 Å². The van der Waals surface area contributed by atoms with Crippen LogP contribution in [0.4, 0.5) is 5.69 Å². The molecule has 1 saturated heterocycles. The summed E-state index contributed by atoms with van der Waals surface area (Å²) >= 11 is 1.50. The molecule has 0 spiro atoms. The van der Waals surface area contributed by atoms with Crippen LogP contribution < -0.4 is 10.2 Å². The molecule has 1 atom stereocenters. The topological polar surface area (TPSA) is 78.1 Å². The Morgan fingerprint density at radius 3 is 2.93 bits per heavy atom. The van der Waals surface area contributed by atoms with Gasteiger partial charge >= 0.3 is 0 Å². The number of rotatable bonds is 5. The van der Waals surface area contributed by atoms with Crippen LogP contribution in [0, 0.1) is 0 Å². The summed E-state index contributed by atoms with van der Waals surface area (Å²) in [5, 5.41) is 3.05. The van der Waals surface area contributed by atoms with E-state index in [2.05, 4.69) is 15.3 Å². The number of fused-ring (bicyclic) bond motifs is 4. The lowest BCUT2D eigenvalue weighted by molar-refractivity contribution is -0.124. The van der Waals surface area contributed by atoms with Gasteiger partial charge in [0.1, 0.15) is 5.82 Å². The Bertz CT molecular complexity index is 1050. The molecule has 0 saturated carbocycles. The molecule has 2 amide bonds. The average Bonchev–Trinajstić information content (AvgIpc) is 3.36. The highest BCUT2D eigenvalue weighted by Gasteiger charge is 2.57. The van der Waals surface area contributed by atoms with Crippen molar-refractivity contribution in [3.8, 4) is 0 Å². The smallest absolute Gasteiger partial charge is 0.257 e. The van der Waals surface area contributed by atoms with Gasteiger partial charge in [-0.3, -0.25) is 14.5 Å². The number of hydrogen-bond acceptors (Lipinski definition) is 4. The van der Waals surface area contributed by atoms with Gasteiger partial charge in [-0.2, -0.15) is 0 Å². The highest BCUT2D eigenvalue weighted by atomic mass is 32.2. The first-order valence-electron chi connectivity index (χ1n) is 9.50. The predicted molar refractivity (Wildman–Crippen MR) is 109 cm³/mol. The van der Waals surface area contributed by atoms with Gasteiger partial charge in [-0.25, -0.2) is 4.98 Å². The number of nitrogens with one attached hydrogen (secondary N) is 2. The van der Waals surface area contributed by atoms with Crippen LogP contribution in [0.5, 0.6) is 0 Å². The standard InChI is InChI=1S/C21H20N4O2S/c26-19-11-12-21(25(19)16-8-3-4-9-17(16)28-21)20(27)22-13-5-10-18-23-14-6-1-2-7-15(14)24-18/h1-4,6-9H,5,10-13H2,(H,22,27)(H,23,24)/t21-/m0/s1. The molecule has 3 aromatic rings. The lowest BCUT2D eigenvalue weighted by atomic mass is 10.1. The number of benzene rings is 2. The zero-order chi connectivity index (χ0) is 19.1. The number of nitrogens with zero attached hydrogens (tertiary/aromatic N) is 2. The third-order valence-corrected chi connectivity index (χ3v) is 6.82. The molecule has 7 heteroatoms. The van der Waals surface area contributed by atoms with Crippen LogP contribution in [0.15, 0.2) is 53.4 Å². The first kappa shape index (κ1) is 17.3. The van der Waals surface area contributed by atoms with E-state index in [1.165, 1.54) is 11.8 Å². The minimum atomic E-state index is -0.833. The summed E-state index contributed by atoms with van der Waals surface area (Å²) in [6, 6.07) is 15.7. The van der Waals surface area contributed by atoms with Gasteiger partial charge in [-0.15, -0.1) is 0 Å². The first-order valence-corrected chi connectivity index (χ1v) is 10.3. The SMILES string of the molecule is O=C1CC[C@@]2(C(=O)NCCCc3nc4ccccc4[nH]3)Sc3ccccc3N12. The van der Waals surface area contributed by atoms with Crippen LogP contribution in [0.2, 0.25) is 0 Å². The van der Waals surface area contributed by atoms with Gasteiger partial charge in [0.2, 0.25) is 5.91 Å². The van der Waals surface area contributed by atoms with E-state index in [-0.39, 0.29) is 11.8 Å². The summed E-state index contributed by atoms with van der Waals surface area (Å²) in [4.78, 5) is 35.3. The molecule has 28 heavy (non-hydrogen) atoms. The molecular weight excluding hydrogens is 372 g/mol. The van der Waals surface area contributed by atoms with Crippen molar-refractivity contribution < 1.29 is 9.59 Å². The zero-order valence-corrected chi connectivity index (χ0v) is 16.1. The van der Waals surface area contributed by atoms with Crippen molar-refractivity contribution in [2.24, 2.45) is 0 Å². The fourth-order valence-electron chi connectivity index (χ4n) is 4.02. The Morgan fingerprint density at radius 2 is 2.04 bits per heavy atom. The van der Waals surface area contributed by atoms with Crippen molar-refractivity contribution in [1.29, 1.82) is 0 Å². The number of carbonyl (C=O) groups excluding carboxylic acids is 2. The van der Waals surface area contributed by atoms with E-state index in [0.717, 1.165) is 40.3 Å². The lowest BCUT2D eigenvalue weighted by Crippen LogP contribution is -2.52. The van der Waals surface area contributed by atoms with Crippen LogP contribution in [-0.4, -0.2) is 33.2 Å². The minimum absolute atomic E-state index is 0.0230. The summed E-state index contributed by atoms with van der Waals surface area (Å²) in [6.45, 7) is 0.552. The molecule has 142 valence electrons. The maximum Gasteiger partial charge on any atom is 0.257 e. The lowest BCUT2D eigenvalue weighted by Gasteiger charge is -2.29. The maximum atomic E-state index is 13.1. The predicted octanol–water partition coefficient (Wildman–Crippen LogP) is 3.24. The molecule has 2 aromatic carbocycles. The zero-order valence-electron chi connectivity index (χ0n) is 15.3. The number of hydrogen-bond donors (Lipinski definition) is 2. The fraction of sp³-hybridized carbons (Fsp3) is 0.286. The van der Waals surface area contributed by atoms with Gasteiger partial charge in [0.25, 0.3) is 5.91 Å². The van der Waals surface area contributed by atoms with E-state index in [1.54, 1.807) is 4.90 Å². The van der Waals surface area contributed by atoms with Crippen molar-refractivity contribution in [3.63, 3.8) is 0 Å². The molecule has 0 radical (unpaired) electrons. The maximum absolute atomic E-state index is 13.1. The number of aryl methyl sites for hydroxylation is 1. The van der Waals surface area contributed by atoms with Crippen LogP contribution in [0.3, 0.4) is 0 Å². The monoisotopic (exact) mass is 392 g/mol. The second kappa shape index (κ2) is 6.67. The van der Waals surface area contributed by atoms with Gasteiger partial charge < -0.3 is 10.3 Å². The second-order valence-electron chi connectivity index (χ2n) is 7.14. The molecule has 1 aromatic heterocycles. The van der Waals surface area contributed by atoms with Crippen LogP contribution in [0.25, 0.3) is 11.0 Å². The summed E-state index contributed by atoms with van der Waals surface area (Å²) < 4.78 is 0. The number of para-hydroxylation sites is 3. The van der Waals surface area contributed by atoms with Gasteiger partial charge in [0, 0.05) is 24.3 Å². The van der Waals surface area contributed by atoms with Crippen molar-refractivity contribution in [1.82, 2.24) is 15.3 Å². The largest absolute Gasteiger partial charge is 0.353 e. The highest BCUT2D eigenvalue weighted by Crippen LogP contribution is 2.55. The third-order valence-electron chi connectivity index (χ3n) is 5.34. The molecule has 0 unspecified atom stereocenters. The van der Waals surface area contributed by atoms with Gasteiger partial charge in [-0.1, -0.05) is 36.0 Å². The molecule has 2 N–H and O–H groups in total. The summed E-state index contributed by atoms with van der Waals surface area (Å²) in [5.41, 5.74) is 2.84. The van der Waals surface area contributed by atoms with Crippen molar-refractivity contribution >= 4 is 40.3 Å². The van der Waals surface area contributed by atoms with Crippen LogP contribution in [-0.2, 0) is 16.0 Å². The van der Waals surface area contributed by atoms with Crippen LogP contribution in [0.1, 0.15) is 25.1 Å². The molecule has 2 aliphatic rings. The number of aromatic nitrogens is 2. The van der Waals surface area contributed by atoms with E-state index in [0.29, 0.717) is 19.4 Å². The molecule has 5 rings (SSSR count). The van der Waals surface area contributed by atoms with E-state index in [4.69, 9.17) is 0 Å². The Kier molecular flexibility index (Phi) is 4.12. The summed E-state index contributed by atoms with van der Waals surface area (Å²) in [5.74, 6) is 0.868. The van der Waals surface area contributed by atoms with E-state index in [9.17, 15) is 9.59 Å². The minimum Gasteiger partial charge on any atom is -0.353 e. The Hall–Kier alpha value is -2.80. The van der Waals surface area contributed by atoms with Crippen molar-refractivity contribution in [2.75, 3.05) is 11.4 Å². The number of anilines is 1. The third kappa shape index (κ3) is 2.69. The number of aromatic amines is 1. The number of imidazole rings is 1. The Balaban J connectivity index is 1.24. The van der Waals surface area contributed by atoms with Crippen LogP contribution >= 0.6 is 11.8 Å². The van der Waals surface area contributed by atoms with E-state index < -0.39 is 4.87 Å². The van der Waals surface area contributed by atoms with Gasteiger partial charge in [0.15, 0.2) is 4.87 Å². The fourth-order valence-corrected chi connectivity index (χ4v) is 5.45. The molecule has 0 bridgehead atoms. The van der Waals surface area contributed by atoms with Gasteiger partial charge in [-0.05, 0) is 37.1 Å². The second-order valence-corrected chi connectivity index (χ2v) is 8.46. The molecule has 0 aliphatic carbocycles. The Labute approximate surface area is 166 Å². The molecule has 1 fully saturated rings. The molecular formula is C21H20N4O2S. The number of H-pyrrole nitrogens is 1. The average molecular weight is 392 g/mol. The van der Waals surface area contributed by atoms with Crippen molar-refractivity contribution in [2.45, 2.75) is 35.4 Å². The van der Waals surface area contributed by atoms with Crippen molar-refractivity contribution in [3.05, 3.63) is 54.4 Å². The van der Waals surface area contributed by atoms with E-state index in [1.807, 2.05) is 48.5 Å². The normalized spacial score (nSPS) is 20.4.